The van der Waals surface area contributed by atoms with Gasteiger partial charge in [-0.05, 0) is 47.9 Å². The molecule has 2 aromatic carbocycles. The summed E-state index contributed by atoms with van der Waals surface area (Å²) in [6, 6.07) is 11.7. The van der Waals surface area contributed by atoms with Crippen LogP contribution in [0.2, 0.25) is 5.02 Å². The SMILES string of the molecule is COC(=O)[C@@H](N)Cc1ccc(Oc2ccc(/C=C3/SC(=S)NC3=O)cc2Cl)cc1. The average molecular weight is 449 g/mol. The number of esters is 1. The van der Waals surface area contributed by atoms with E-state index in [9.17, 15) is 9.59 Å². The number of halogens is 1. The van der Waals surface area contributed by atoms with Crippen LogP contribution in [0.3, 0.4) is 0 Å². The second-order valence-electron chi connectivity index (χ2n) is 6.12. The Labute approximate surface area is 182 Å². The molecular formula is C20H17ClN2O4S2. The fraction of sp³-hybridized carbons (Fsp3) is 0.150. The van der Waals surface area contributed by atoms with Crippen LogP contribution in [0, 0.1) is 0 Å². The van der Waals surface area contributed by atoms with E-state index in [4.69, 9.17) is 34.3 Å². The molecule has 1 fully saturated rings. The minimum absolute atomic E-state index is 0.219. The van der Waals surface area contributed by atoms with Crippen LogP contribution in [0.4, 0.5) is 0 Å². The van der Waals surface area contributed by atoms with E-state index in [0.29, 0.717) is 32.2 Å². The fourth-order valence-electron chi connectivity index (χ4n) is 2.57. The second-order valence-corrected chi connectivity index (χ2v) is 8.25. The predicted octanol–water partition coefficient (Wildman–Crippen LogP) is 3.66. The second kappa shape index (κ2) is 9.41. The highest BCUT2D eigenvalue weighted by Crippen LogP contribution is 2.32. The minimum atomic E-state index is -0.711. The first kappa shape index (κ1) is 21.3. The van der Waals surface area contributed by atoms with Crippen LogP contribution >= 0.6 is 35.6 Å². The van der Waals surface area contributed by atoms with Crippen molar-refractivity contribution in [1.29, 1.82) is 0 Å². The normalized spacial score (nSPS) is 15.9. The lowest BCUT2D eigenvalue weighted by Crippen LogP contribution is -2.33. The molecule has 9 heteroatoms. The van der Waals surface area contributed by atoms with Gasteiger partial charge >= 0.3 is 5.97 Å². The van der Waals surface area contributed by atoms with Crippen molar-refractivity contribution in [2.24, 2.45) is 5.73 Å². The van der Waals surface area contributed by atoms with Crippen LogP contribution in [0.5, 0.6) is 11.5 Å². The van der Waals surface area contributed by atoms with Gasteiger partial charge in [-0.2, -0.15) is 0 Å². The number of methoxy groups -OCH3 is 1. The molecule has 1 aliphatic heterocycles. The summed E-state index contributed by atoms with van der Waals surface area (Å²) in [5, 5.41) is 2.97. The van der Waals surface area contributed by atoms with Crippen LogP contribution in [0.25, 0.3) is 6.08 Å². The molecule has 0 saturated carbocycles. The molecule has 29 heavy (non-hydrogen) atoms. The Morgan fingerprint density at radius 1 is 1.31 bits per heavy atom. The maximum absolute atomic E-state index is 11.8. The average Bonchev–Trinajstić information content (AvgIpc) is 3.01. The largest absolute Gasteiger partial charge is 0.468 e. The number of ether oxygens (including phenoxy) is 2. The molecule has 1 atom stereocenters. The Kier molecular flexibility index (Phi) is 6.92. The third-order valence-corrected chi connectivity index (χ3v) is 5.46. The highest BCUT2D eigenvalue weighted by Gasteiger charge is 2.22. The molecule has 0 aliphatic carbocycles. The Balaban J connectivity index is 1.67. The van der Waals surface area contributed by atoms with E-state index >= 15 is 0 Å². The van der Waals surface area contributed by atoms with Gasteiger partial charge in [0.25, 0.3) is 5.91 Å². The monoisotopic (exact) mass is 448 g/mol. The van der Waals surface area contributed by atoms with Crippen molar-refractivity contribution in [2.45, 2.75) is 12.5 Å². The van der Waals surface area contributed by atoms with E-state index in [0.717, 1.165) is 11.1 Å². The van der Waals surface area contributed by atoms with Gasteiger partial charge in [-0.1, -0.05) is 53.8 Å². The topological polar surface area (TPSA) is 90.7 Å². The van der Waals surface area contributed by atoms with E-state index in [1.165, 1.54) is 18.9 Å². The van der Waals surface area contributed by atoms with Crippen LogP contribution in [-0.4, -0.2) is 29.3 Å². The summed E-state index contributed by atoms with van der Waals surface area (Å²) < 4.78 is 10.9. The lowest BCUT2D eigenvalue weighted by atomic mass is 10.1. The number of nitrogens with two attached hydrogens (primary N) is 1. The summed E-state index contributed by atoms with van der Waals surface area (Å²) in [4.78, 5) is 23.7. The van der Waals surface area contributed by atoms with Gasteiger partial charge in [-0.15, -0.1) is 0 Å². The maximum Gasteiger partial charge on any atom is 0.322 e. The van der Waals surface area contributed by atoms with Gasteiger partial charge in [-0.25, -0.2) is 0 Å². The quantitative estimate of drug-likeness (QED) is 0.396. The van der Waals surface area contributed by atoms with Crippen LogP contribution < -0.4 is 15.8 Å². The van der Waals surface area contributed by atoms with E-state index in [2.05, 4.69) is 10.1 Å². The lowest BCUT2D eigenvalue weighted by molar-refractivity contribution is -0.142. The third-order valence-electron chi connectivity index (χ3n) is 4.01. The zero-order valence-electron chi connectivity index (χ0n) is 15.3. The molecular weight excluding hydrogens is 432 g/mol. The van der Waals surface area contributed by atoms with Gasteiger partial charge in [0.15, 0.2) is 0 Å². The Bertz CT molecular complexity index is 992. The molecule has 0 bridgehead atoms. The minimum Gasteiger partial charge on any atom is -0.468 e. The zero-order valence-corrected chi connectivity index (χ0v) is 17.7. The molecule has 1 aliphatic rings. The number of thiocarbonyl (C=S) groups is 1. The predicted molar refractivity (Wildman–Crippen MR) is 118 cm³/mol. The van der Waals surface area contributed by atoms with Gasteiger partial charge < -0.3 is 20.5 Å². The summed E-state index contributed by atoms with van der Waals surface area (Å²) in [6.45, 7) is 0. The first-order valence-electron chi connectivity index (χ1n) is 8.50. The van der Waals surface area contributed by atoms with Gasteiger partial charge in [-0.3, -0.25) is 9.59 Å². The first-order valence-corrected chi connectivity index (χ1v) is 10.1. The number of hydrogen-bond donors (Lipinski definition) is 2. The molecule has 0 radical (unpaired) electrons. The molecule has 150 valence electrons. The van der Waals surface area contributed by atoms with Gasteiger partial charge in [0.2, 0.25) is 0 Å². The summed E-state index contributed by atoms with van der Waals surface area (Å²) in [5.41, 5.74) is 7.41. The van der Waals surface area contributed by atoms with E-state index in [-0.39, 0.29) is 5.91 Å². The highest BCUT2D eigenvalue weighted by atomic mass is 35.5. The Morgan fingerprint density at radius 2 is 2.03 bits per heavy atom. The van der Waals surface area contributed by atoms with Crippen molar-refractivity contribution < 1.29 is 19.1 Å². The summed E-state index contributed by atoms with van der Waals surface area (Å²) >= 11 is 12.5. The van der Waals surface area contributed by atoms with E-state index < -0.39 is 12.0 Å². The van der Waals surface area contributed by atoms with Crippen molar-refractivity contribution in [1.82, 2.24) is 5.32 Å². The highest BCUT2D eigenvalue weighted by molar-refractivity contribution is 8.26. The molecule has 1 amide bonds. The standard InChI is InChI=1S/C20H17ClN2O4S2/c1-26-19(25)15(22)9-11-2-5-13(6-3-11)27-16-7-4-12(8-14(16)21)10-17-18(24)23-20(28)29-17/h2-8,10,15H,9,22H2,1H3,(H,23,24,28)/b17-10+/t15-/m0/s1. The summed E-state index contributed by atoms with van der Waals surface area (Å²) in [5.74, 6) is 0.391. The fourth-order valence-corrected chi connectivity index (χ4v) is 3.84. The van der Waals surface area contributed by atoms with Crippen molar-refractivity contribution in [3.8, 4) is 11.5 Å². The summed E-state index contributed by atoms with van der Waals surface area (Å²) in [7, 11) is 1.31. The van der Waals surface area contributed by atoms with Crippen molar-refractivity contribution >= 4 is 57.9 Å². The third kappa shape index (κ3) is 5.57. The van der Waals surface area contributed by atoms with E-state index in [1.807, 2.05) is 12.1 Å². The number of thioether (sulfide) groups is 1. The molecule has 6 nitrogen and oxygen atoms in total. The van der Waals surface area contributed by atoms with Crippen LogP contribution in [0.15, 0.2) is 47.4 Å². The smallest absolute Gasteiger partial charge is 0.322 e. The number of benzene rings is 2. The Morgan fingerprint density at radius 3 is 2.62 bits per heavy atom. The molecule has 0 aromatic heterocycles. The Hall–Kier alpha value is -2.39. The number of carbonyl (C=O) groups is 2. The zero-order chi connectivity index (χ0) is 21.0. The molecule has 0 spiro atoms. The molecule has 1 saturated heterocycles. The van der Waals surface area contributed by atoms with Gasteiger partial charge in [0.05, 0.1) is 17.0 Å². The molecule has 3 rings (SSSR count). The molecule has 0 unspecified atom stereocenters. The van der Waals surface area contributed by atoms with Gasteiger partial charge in [0.1, 0.15) is 21.9 Å². The van der Waals surface area contributed by atoms with Gasteiger partial charge in [0, 0.05) is 0 Å². The number of rotatable bonds is 6. The van der Waals surface area contributed by atoms with E-state index in [1.54, 1.807) is 36.4 Å². The number of amides is 1. The van der Waals surface area contributed by atoms with Crippen molar-refractivity contribution in [2.75, 3.05) is 7.11 Å². The first-order chi connectivity index (χ1) is 13.9. The molecule has 1 heterocycles. The number of carbonyl (C=O) groups excluding carboxylic acids is 2. The van der Waals surface area contributed by atoms with Crippen LogP contribution in [-0.2, 0) is 20.7 Å². The number of nitrogens with one attached hydrogen (secondary N) is 1. The summed E-state index contributed by atoms with van der Waals surface area (Å²) in [6.07, 6.45) is 2.08. The number of hydrogen-bond acceptors (Lipinski definition) is 7. The van der Waals surface area contributed by atoms with Crippen LogP contribution in [0.1, 0.15) is 11.1 Å². The van der Waals surface area contributed by atoms with Crippen molar-refractivity contribution in [3.05, 3.63) is 63.5 Å². The maximum atomic E-state index is 11.8. The molecule has 2 aromatic rings. The molecule has 3 N–H and O–H groups in total. The lowest BCUT2D eigenvalue weighted by Gasteiger charge is -2.11. The van der Waals surface area contributed by atoms with Crippen molar-refractivity contribution in [3.63, 3.8) is 0 Å².